The fourth-order valence-electron chi connectivity index (χ4n) is 15.5. The van der Waals surface area contributed by atoms with Crippen molar-refractivity contribution in [2.24, 2.45) is 65.1 Å². The fourth-order valence-corrected chi connectivity index (χ4v) is 23.2. The summed E-state index contributed by atoms with van der Waals surface area (Å²) >= 11 is 0. The van der Waals surface area contributed by atoms with E-state index in [0.717, 1.165) is 65.1 Å². The Morgan fingerprint density at radius 1 is 0.452 bits per heavy atom. The second kappa shape index (κ2) is 13.5. The minimum Gasteiger partial charge on any atom is -0.0687 e. The Kier molecular flexibility index (Phi) is 9.93. The Hall–Kier alpha value is 0.217. The van der Waals surface area contributed by atoms with Crippen LogP contribution in [0.4, 0.5) is 0 Å². The van der Waals surface area contributed by atoms with E-state index in [-0.39, 0.29) is 0 Å². The minimum absolute atomic E-state index is 1.04. The summed E-state index contributed by atoms with van der Waals surface area (Å²) in [5.74, 6) is 12.1. The second-order valence-electron chi connectivity index (χ2n) is 18.7. The lowest BCUT2D eigenvalue weighted by Crippen LogP contribution is -2.50. The highest BCUT2D eigenvalue weighted by atomic mass is 28.3. The molecule has 1 heteroatoms. The highest BCUT2D eigenvalue weighted by Gasteiger charge is 2.61. The van der Waals surface area contributed by atoms with Gasteiger partial charge >= 0.3 is 0 Å². The van der Waals surface area contributed by atoms with Crippen LogP contribution in [0.1, 0.15) is 168 Å². The Labute approximate surface area is 264 Å². The number of fused-ring (bicyclic) bond motifs is 2. The lowest BCUT2D eigenvalue weighted by Gasteiger charge is -2.52. The highest BCUT2D eigenvalue weighted by molar-refractivity contribution is 6.81. The zero-order valence-corrected chi connectivity index (χ0v) is 29.7. The van der Waals surface area contributed by atoms with Crippen LogP contribution in [0.5, 0.6) is 0 Å². The minimum atomic E-state index is -1.46. The lowest BCUT2D eigenvalue weighted by atomic mass is 9.65. The van der Waals surface area contributed by atoms with E-state index < -0.39 is 8.07 Å². The highest BCUT2D eigenvalue weighted by Crippen LogP contribution is 2.68. The molecule has 7 aliphatic rings. The molecule has 0 nitrogen and oxygen atoms in total. The molecule has 0 amide bonds. The van der Waals surface area contributed by atoms with Gasteiger partial charge in [-0.1, -0.05) is 155 Å². The summed E-state index contributed by atoms with van der Waals surface area (Å²) in [6, 6.07) is 1.72. The van der Waals surface area contributed by atoms with E-state index in [1.165, 1.54) is 36.8 Å². The van der Waals surface area contributed by atoms with Gasteiger partial charge in [0, 0.05) is 0 Å². The van der Waals surface area contributed by atoms with Crippen LogP contribution >= 0.6 is 0 Å². The molecule has 0 spiro atoms. The second-order valence-corrected chi connectivity index (χ2v) is 23.5. The average molecular weight is 593 g/mol. The van der Waals surface area contributed by atoms with Crippen molar-refractivity contribution in [1.82, 2.24) is 0 Å². The Morgan fingerprint density at radius 3 is 1.36 bits per heavy atom. The summed E-state index contributed by atoms with van der Waals surface area (Å²) < 4.78 is 0. The van der Waals surface area contributed by atoms with Crippen LogP contribution in [0.2, 0.25) is 23.7 Å². The summed E-state index contributed by atoms with van der Waals surface area (Å²) in [6.07, 6.45) is 38.0. The molecule has 0 heterocycles. The normalized spacial score (nSPS) is 45.5. The average Bonchev–Trinajstić information content (AvgIpc) is 3.74. The fraction of sp³-hybridized carbons (Fsp3) is 1.00. The first kappa shape index (κ1) is 30.8. The Bertz CT molecular complexity index is 789. The third-order valence-electron chi connectivity index (χ3n) is 16.6. The van der Waals surface area contributed by atoms with E-state index in [2.05, 4.69) is 20.4 Å². The topological polar surface area (TPSA) is 0 Å². The van der Waals surface area contributed by atoms with Crippen molar-refractivity contribution in [3.63, 3.8) is 0 Å². The Morgan fingerprint density at radius 2 is 0.881 bits per heavy atom. The molecule has 0 aromatic heterocycles. The number of hydrogen-bond donors (Lipinski definition) is 0. The van der Waals surface area contributed by atoms with Crippen LogP contribution in [0.3, 0.4) is 0 Å². The quantitative estimate of drug-likeness (QED) is 0.246. The van der Waals surface area contributed by atoms with Gasteiger partial charge in [-0.05, 0) is 102 Å². The molecule has 0 aliphatic heterocycles. The first-order valence-corrected chi connectivity index (χ1v) is 23.4. The molecule has 0 aromatic carbocycles. The molecule has 0 saturated heterocycles. The molecule has 10 atom stereocenters. The predicted octanol–water partition coefficient (Wildman–Crippen LogP) is 13.1. The molecule has 240 valence electrons. The predicted molar refractivity (Wildman–Crippen MR) is 184 cm³/mol. The van der Waals surface area contributed by atoms with Crippen LogP contribution < -0.4 is 0 Å². The molecule has 0 bridgehead atoms. The summed E-state index contributed by atoms with van der Waals surface area (Å²) in [5.41, 5.74) is 2.33. The SMILES string of the molecule is CC1CC2C(C3CCCCC3)CCCC2C1[Si](C)(CCCC1CCCC1)C1C(C)CC2C(C3CCCCC3)CCCC21. The maximum absolute atomic E-state index is 3.11. The van der Waals surface area contributed by atoms with E-state index in [1.54, 1.807) is 134 Å². The molecular formula is C41H72Si. The molecule has 0 radical (unpaired) electrons. The van der Waals surface area contributed by atoms with Gasteiger partial charge in [-0.15, -0.1) is 0 Å². The van der Waals surface area contributed by atoms with Crippen molar-refractivity contribution in [3.05, 3.63) is 0 Å². The van der Waals surface area contributed by atoms with E-state index in [1.807, 2.05) is 0 Å². The van der Waals surface area contributed by atoms with E-state index in [4.69, 9.17) is 0 Å². The summed E-state index contributed by atoms with van der Waals surface area (Å²) in [4.78, 5) is 0. The zero-order chi connectivity index (χ0) is 28.7. The molecule has 0 aromatic rings. The van der Waals surface area contributed by atoms with Gasteiger partial charge in [-0.2, -0.15) is 0 Å². The summed E-state index contributed by atoms with van der Waals surface area (Å²) in [7, 11) is -1.46. The van der Waals surface area contributed by atoms with Gasteiger partial charge in [0.25, 0.3) is 0 Å². The van der Waals surface area contributed by atoms with Gasteiger partial charge < -0.3 is 0 Å². The molecule has 10 unspecified atom stereocenters. The monoisotopic (exact) mass is 593 g/mol. The molecule has 42 heavy (non-hydrogen) atoms. The van der Waals surface area contributed by atoms with Crippen molar-refractivity contribution in [1.29, 1.82) is 0 Å². The molecule has 7 fully saturated rings. The maximum atomic E-state index is 3.11. The van der Waals surface area contributed by atoms with Crippen molar-refractivity contribution < 1.29 is 0 Å². The molecule has 0 N–H and O–H groups in total. The van der Waals surface area contributed by atoms with Crippen LogP contribution in [0.25, 0.3) is 0 Å². The molecule has 7 saturated carbocycles. The smallest absolute Gasteiger partial charge is 0.0577 e. The van der Waals surface area contributed by atoms with Crippen molar-refractivity contribution in [3.8, 4) is 0 Å². The number of hydrogen-bond acceptors (Lipinski definition) is 0. The van der Waals surface area contributed by atoms with Crippen LogP contribution in [0, 0.1) is 65.1 Å². The molecular weight excluding hydrogens is 521 g/mol. The van der Waals surface area contributed by atoms with E-state index >= 15 is 0 Å². The van der Waals surface area contributed by atoms with E-state index in [0.29, 0.717) is 0 Å². The lowest BCUT2D eigenvalue weighted by molar-refractivity contribution is 0.0946. The molecule has 7 rings (SSSR count). The van der Waals surface area contributed by atoms with Crippen molar-refractivity contribution >= 4 is 8.07 Å². The third kappa shape index (κ3) is 5.92. The van der Waals surface area contributed by atoms with Gasteiger partial charge in [0.2, 0.25) is 0 Å². The van der Waals surface area contributed by atoms with Crippen molar-refractivity contribution in [2.45, 2.75) is 192 Å². The van der Waals surface area contributed by atoms with Crippen LogP contribution in [-0.4, -0.2) is 8.07 Å². The van der Waals surface area contributed by atoms with Crippen LogP contribution in [-0.2, 0) is 0 Å². The standard InChI is InChI=1S/C41H72Si/c1-29-27-38-34(32-18-6-4-7-19-32)22-12-24-36(38)40(29)42(3,26-14-17-31-15-10-11-16-31)41-30(2)28-39-35(23-13-25-37(39)41)33-20-8-5-9-21-33/h29-41H,4-28H2,1-3H3. The first-order chi connectivity index (χ1) is 20.5. The summed E-state index contributed by atoms with van der Waals surface area (Å²) in [6.45, 7) is 8.76. The largest absolute Gasteiger partial charge is 0.0687 e. The van der Waals surface area contributed by atoms with Crippen LogP contribution in [0.15, 0.2) is 0 Å². The van der Waals surface area contributed by atoms with Gasteiger partial charge in [0.15, 0.2) is 0 Å². The number of rotatable bonds is 8. The van der Waals surface area contributed by atoms with E-state index in [9.17, 15) is 0 Å². The summed E-state index contributed by atoms with van der Waals surface area (Å²) in [5, 5.41) is 0. The first-order valence-electron chi connectivity index (χ1n) is 20.5. The van der Waals surface area contributed by atoms with Gasteiger partial charge in [-0.3, -0.25) is 0 Å². The zero-order valence-electron chi connectivity index (χ0n) is 28.7. The van der Waals surface area contributed by atoms with Gasteiger partial charge in [0.05, 0.1) is 8.07 Å². The Balaban J connectivity index is 1.16. The molecule has 7 aliphatic carbocycles. The third-order valence-corrected chi connectivity index (χ3v) is 23.1. The van der Waals surface area contributed by atoms with Crippen molar-refractivity contribution in [2.75, 3.05) is 0 Å². The maximum Gasteiger partial charge on any atom is 0.0577 e. The van der Waals surface area contributed by atoms with Gasteiger partial charge in [-0.25, -0.2) is 0 Å². The van der Waals surface area contributed by atoms with Gasteiger partial charge in [0.1, 0.15) is 0 Å².